The van der Waals surface area contributed by atoms with Crippen LogP contribution >= 0.6 is 0 Å². The molecular formula is C10H3F6N3O4. The summed E-state index contributed by atoms with van der Waals surface area (Å²) in [5.74, 6) is -2.08. The Bertz CT molecular complexity index is 823. The maximum absolute atomic E-state index is 12.8. The molecule has 2 aromatic rings. The molecule has 2 rings (SSSR count). The molecule has 0 saturated carbocycles. The molecule has 1 aromatic carbocycles. The van der Waals surface area contributed by atoms with Gasteiger partial charge in [-0.05, 0) is 6.07 Å². The van der Waals surface area contributed by atoms with Gasteiger partial charge in [0, 0.05) is 6.07 Å². The van der Waals surface area contributed by atoms with Gasteiger partial charge in [0.25, 0.3) is 5.69 Å². The van der Waals surface area contributed by atoms with Crippen LogP contribution in [0.1, 0.15) is 11.4 Å². The number of imidazole rings is 1. The molecule has 1 heterocycles. The van der Waals surface area contributed by atoms with E-state index in [2.05, 4.69) is 4.98 Å². The van der Waals surface area contributed by atoms with Gasteiger partial charge in [-0.15, -0.1) is 0 Å². The third kappa shape index (κ3) is 2.76. The number of carboxylic acid groups (broad SMARTS) is 1. The Morgan fingerprint density at radius 2 is 1.74 bits per heavy atom. The molecule has 0 bridgehead atoms. The van der Waals surface area contributed by atoms with Crippen molar-refractivity contribution in [1.29, 1.82) is 0 Å². The average molecular weight is 343 g/mol. The van der Waals surface area contributed by atoms with Crippen LogP contribution in [0.4, 0.5) is 36.8 Å². The molecule has 0 aliphatic rings. The summed E-state index contributed by atoms with van der Waals surface area (Å²) in [6.45, 7) is 0. The molecular weight excluding hydrogens is 340 g/mol. The summed E-state index contributed by atoms with van der Waals surface area (Å²) in [5, 5.41) is 19.7. The van der Waals surface area contributed by atoms with Crippen LogP contribution in [0.2, 0.25) is 0 Å². The SMILES string of the molecule is O=C(O)n1c(C(F)(F)F)nc2cc(C(F)(F)F)cc([N+](=O)[O-])c21. The molecule has 1 N–H and O–H groups in total. The minimum absolute atomic E-state index is 0.0520. The lowest BCUT2D eigenvalue weighted by molar-refractivity contribution is -0.383. The summed E-state index contributed by atoms with van der Waals surface area (Å²) in [4.78, 5) is 23.2. The molecule has 0 fully saturated rings. The van der Waals surface area contributed by atoms with Crippen molar-refractivity contribution >= 4 is 22.8 Å². The van der Waals surface area contributed by atoms with E-state index in [9.17, 15) is 41.3 Å². The Balaban J connectivity index is 3.01. The standard InChI is InChI=1S/C10H3F6N3O4/c11-9(12,13)3-1-4-6(5(2-3)19(22)23)18(8(20)21)7(17-4)10(14,15)16/h1-2H,(H,20,21). The Hall–Kier alpha value is -2.86. The normalized spacial score (nSPS) is 12.6. The molecule has 0 unspecified atom stereocenters. The molecule has 13 heteroatoms. The van der Waals surface area contributed by atoms with Crippen LogP contribution < -0.4 is 0 Å². The zero-order valence-corrected chi connectivity index (χ0v) is 10.4. The van der Waals surface area contributed by atoms with Crippen molar-refractivity contribution in [3.63, 3.8) is 0 Å². The number of fused-ring (bicyclic) bond motifs is 1. The van der Waals surface area contributed by atoms with Gasteiger partial charge in [0.2, 0.25) is 5.82 Å². The van der Waals surface area contributed by atoms with Crippen LogP contribution in [0.25, 0.3) is 11.0 Å². The zero-order chi connectivity index (χ0) is 17.7. The number of halogens is 6. The summed E-state index contributed by atoms with van der Waals surface area (Å²) >= 11 is 0. The molecule has 0 saturated heterocycles. The topological polar surface area (TPSA) is 98.3 Å². The predicted octanol–water partition coefficient (Wildman–Crippen LogP) is 3.51. The second-order valence-electron chi connectivity index (χ2n) is 4.17. The molecule has 0 radical (unpaired) electrons. The van der Waals surface area contributed by atoms with Gasteiger partial charge in [0.05, 0.1) is 16.0 Å². The summed E-state index contributed by atoms with van der Waals surface area (Å²) in [6, 6.07) is 0.0562. The summed E-state index contributed by atoms with van der Waals surface area (Å²) in [7, 11) is 0. The van der Waals surface area contributed by atoms with E-state index < -0.39 is 56.0 Å². The predicted molar refractivity (Wildman–Crippen MR) is 59.8 cm³/mol. The van der Waals surface area contributed by atoms with Gasteiger partial charge in [0.15, 0.2) is 5.52 Å². The van der Waals surface area contributed by atoms with Gasteiger partial charge < -0.3 is 5.11 Å². The minimum atomic E-state index is -5.34. The zero-order valence-electron chi connectivity index (χ0n) is 10.4. The van der Waals surface area contributed by atoms with Crippen molar-refractivity contribution in [1.82, 2.24) is 9.55 Å². The number of non-ortho nitro benzene ring substituents is 1. The first-order chi connectivity index (χ1) is 10.3. The number of nitro groups is 1. The number of carbonyl (C=O) groups is 1. The highest BCUT2D eigenvalue weighted by atomic mass is 19.4. The van der Waals surface area contributed by atoms with Crippen molar-refractivity contribution in [3.05, 3.63) is 33.6 Å². The van der Waals surface area contributed by atoms with Crippen LogP contribution in [-0.2, 0) is 12.4 Å². The van der Waals surface area contributed by atoms with Crippen LogP contribution in [0.3, 0.4) is 0 Å². The Morgan fingerprint density at radius 1 is 1.17 bits per heavy atom. The third-order valence-corrected chi connectivity index (χ3v) is 2.70. The smallest absolute Gasteiger partial charge is 0.450 e. The largest absolute Gasteiger partial charge is 0.464 e. The number of nitro benzene ring substituents is 1. The number of alkyl halides is 6. The second kappa shape index (κ2) is 4.82. The monoisotopic (exact) mass is 343 g/mol. The van der Waals surface area contributed by atoms with Gasteiger partial charge in [-0.3, -0.25) is 10.1 Å². The molecule has 0 amide bonds. The molecule has 23 heavy (non-hydrogen) atoms. The highest BCUT2D eigenvalue weighted by molar-refractivity contribution is 5.93. The van der Waals surface area contributed by atoms with Gasteiger partial charge in [-0.25, -0.2) is 14.3 Å². The lowest BCUT2D eigenvalue weighted by Crippen LogP contribution is -2.20. The first-order valence-corrected chi connectivity index (χ1v) is 5.42. The molecule has 1 aromatic heterocycles. The summed E-state index contributed by atoms with van der Waals surface area (Å²) in [5.41, 5.74) is -5.38. The van der Waals surface area contributed by atoms with E-state index in [0.29, 0.717) is 0 Å². The number of nitrogens with zero attached hydrogens (tertiary/aromatic N) is 3. The number of rotatable bonds is 1. The quantitative estimate of drug-likeness (QED) is 0.485. The number of aromatic nitrogens is 2. The van der Waals surface area contributed by atoms with E-state index in [1.807, 2.05) is 0 Å². The fourth-order valence-electron chi connectivity index (χ4n) is 1.87. The van der Waals surface area contributed by atoms with E-state index in [1.54, 1.807) is 0 Å². The van der Waals surface area contributed by atoms with E-state index >= 15 is 0 Å². The minimum Gasteiger partial charge on any atom is -0.464 e. The molecule has 124 valence electrons. The van der Waals surface area contributed by atoms with Crippen molar-refractivity contribution in [2.24, 2.45) is 0 Å². The first-order valence-electron chi connectivity index (χ1n) is 5.42. The molecule has 0 atom stereocenters. The Morgan fingerprint density at radius 3 is 2.13 bits per heavy atom. The van der Waals surface area contributed by atoms with Crippen molar-refractivity contribution in [2.45, 2.75) is 12.4 Å². The Kier molecular flexibility index (Phi) is 3.46. The highest BCUT2D eigenvalue weighted by Gasteiger charge is 2.42. The molecule has 0 spiro atoms. The maximum atomic E-state index is 12.8. The summed E-state index contributed by atoms with van der Waals surface area (Å²) < 4.78 is 75.8. The van der Waals surface area contributed by atoms with Gasteiger partial charge >= 0.3 is 18.4 Å². The van der Waals surface area contributed by atoms with Gasteiger partial charge in [0.1, 0.15) is 0 Å². The maximum Gasteiger partial charge on any atom is 0.450 e. The third-order valence-electron chi connectivity index (χ3n) is 2.70. The lowest BCUT2D eigenvalue weighted by Gasteiger charge is -2.08. The van der Waals surface area contributed by atoms with Gasteiger partial charge in [-0.1, -0.05) is 0 Å². The van der Waals surface area contributed by atoms with Crippen LogP contribution in [-0.4, -0.2) is 25.7 Å². The van der Waals surface area contributed by atoms with E-state index in [4.69, 9.17) is 5.11 Å². The van der Waals surface area contributed by atoms with Crippen molar-refractivity contribution in [3.8, 4) is 0 Å². The highest BCUT2D eigenvalue weighted by Crippen LogP contribution is 2.39. The summed E-state index contributed by atoms with van der Waals surface area (Å²) in [6.07, 6.45) is -12.7. The van der Waals surface area contributed by atoms with Gasteiger partial charge in [-0.2, -0.15) is 26.3 Å². The van der Waals surface area contributed by atoms with E-state index in [1.165, 1.54) is 0 Å². The number of hydrogen-bond acceptors (Lipinski definition) is 4. The average Bonchev–Trinajstić information content (AvgIpc) is 2.75. The molecule has 0 aliphatic heterocycles. The fraction of sp³-hybridized carbons (Fsp3) is 0.200. The molecule has 0 aliphatic carbocycles. The fourth-order valence-corrected chi connectivity index (χ4v) is 1.87. The second-order valence-corrected chi connectivity index (χ2v) is 4.17. The number of benzene rings is 1. The number of hydrogen-bond donors (Lipinski definition) is 1. The van der Waals surface area contributed by atoms with E-state index in [0.717, 1.165) is 0 Å². The lowest BCUT2D eigenvalue weighted by atomic mass is 10.1. The van der Waals surface area contributed by atoms with Crippen LogP contribution in [0.5, 0.6) is 0 Å². The van der Waals surface area contributed by atoms with E-state index in [-0.39, 0.29) is 12.1 Å². The van der Waals surface area contributed by atoms with Crippen molar-refractivity contribution in [2.75, 3.05) is 0 Å². The Labute approximate surface area is 120 Å². The van der Waals surface area contributed by atoms with Crippen molar-refractivity contribution < 1.29 is 41.2 Å². The first kappa shape index (κ1) is 16.5. The molecule has 7 nitrogen and oxygen atoms in total. The van der Waals surface area contributed by atoms with Crippen LogP contribution in [0, 0.1) is 10.1 Å². The van der Waals surface area contributed by atoms with Crippen LogP contribution in [0.15, 0.2) is 12.1 Å².